The fraction of sp³-hybridized carbons (Fsp3) is 0.235. The Morgan fingerprint density at radius 1 is 0.829 bits per heavy atom. The number of ether oxygens (including phenoxy) is 2. The van der Waals surface area contributed by atoms with Crippen molar-refractivity contribution in [2.75, 3.05) is 33.1 Å². The molecular formula is C34H34N2O4S. The number of fused-ring (bicyclic) bond motifs is 2. The van der Waals surface area contributed by atoms with Crippen LogP contribution in [0, 0.1) is 0 Å². The van der Waals surface area contributed by atoms with E-state index in [1.54, 1.807) is 32.4 Å². The summed E-state index contributed by atoms with van der Waals surface area (Å²) >= 11 is 1.47. The smallest absolute Gasteiger partial charge is 0.257 e. The minimum Gasteiger partial charge on any atom is -0.493 e. The quantitative estimate of drug-likeness (QED) is 0.136. The monoisotopic (exact) mass is 566 g/mol. The second kappa shape index (κ2) is 13.0. The summed E-state index contributed by atoms with van der Waals surface area (Å²) in [6.45, 7) is 1.84. The van der Waals surface area contributed by atoms with Gasteiger partial charge in [-0.25, -0.2) is 0 Å². The molecule has 0 aliphatic rings. The van der Waals surface area contributed by atoms with Crippen LogP contribution in [0.4, 0.5) is 5.69 Å². The van der Waals surface area contributed by atoms with Gasteiger partial charge in [0.2, 0.25) is 0 Å². The van der Waals surface area contributed by atoms with Gasteiger partial charge in [0.1, 0.15) is 0 Å². The Labute approximate surface area is 244 Å². The maximum absolute atomic E-state index is 13.2. The van der Waals surface area contributed by atoms with Crippen molar-refractivity contribution in [1.29, 1.82) is 0 Å². The molecule has 0 bridgehead atoms. The SMILES string of the molecule is COc1ccc(CN(C)CCCCc2ccc(NC(=O)c3cccc4c(=O)c5ccccc5sc34)cc2)cc1OC. The largest absolute Gasteiger partial charge is 0.493 e. The van der Waals surface area contributed by atoms with Gasteiger partial charge in [-0.3, -0.25) is 9.59 Å². The van der Waals surface area contributed by atoms with Gasteiger partial charge in [0.05, 0.1) is 24.5 Å². The summed E-state index contributed by atoms with van der Waals surface area (Å²) < 4.78 is 12.3. The summed E-state index contributed by atoms with van der Waals surface area (Å²) in [5.41, 5.74) is 3.63. The van der Waals surface area contributed by atoms with E-state index in [1.807, 2.05) is 48.5 Å². The van der Waals surface area contributed by atoms with E-state index in [1.165, 1.54) is 22.5 Å². The molecular weight excluding hydrogens is 532 g/mol. The average molecular weight is 567 g/mol. The lowest BCUT2D eigenvalue weighted by molar-refractivity contribution is 0.102. The zero-order chi connectivity index (χ0) is 28.8. The van der Waals surface area contributed by atoms with E-state index < -0.39 is 0 Å². The van der Waals surface area contributed by atoms with E-state index in [2.05, 4.69) is 35.5 Å². The number of rotatable bonds is 11. The molecule has 0 saturated heterocycles. The molecule has 1 aromatic heterocycles. The number of amides is 1. The molecule has 41 heavy (non-hydrogen) atoms. The van der Waals surface area contributed by atoms with Crippen LogP contribution in [0.15, 0.2) is 89.7 Å². The highest BCUT2D eigenvalue weighted by atomic mass is 32.1. The second-order valence-corrected chi connectivity index (χ2v) is 11.2. The third-order valence-electron chi connectivity index (χ3n) is 7.22. The Balaban J connectivity index is 1.14. The van der Waals surface area contributed by atoms with Crippen LogP contribution >= 0.6 is 11.3 Å². The van der Waals surface area contributed by atoms with Crippen LogP contribution in [0.25, 0.3) is 20.2 Å². The van der Waals surface area contributed by atoms with Crippen molar-refractivity contribution in [1.82, 2.24) is 4.90 Å². The highest BCUT2D eigenvalue weighted by Gasteiger charge is 2.15. The zero-order valence-electron chi connectivity index (χ0n) is 23.6. The molecule has 4 aromatic carbocycles. The first-order valence-electron chi connectivity index (χ1n) is 13.7. The lowest BCUT2D eigenvalue weighted by Gasteiger charge is -2.18. The summed E-state index contributed by atoms with van der Waals surface area (Å²) in [5.74, 6) is 1.28. The van der Waals surface area contributed by atoms with Crippen LogP contribution in [-0.2, 0) is 13.0 Å². The molecule has 1 N–H and O–H groups in total. The van der Waals surface area contributed by atoms with Gasteiger partial charge in [-0.1, -0.05) is 36.4 Å². The molecule has 0 spiro atoms. The second-order valence-electron chi connectivity index (χ2n) is 10.1. The van der Waals surface area contributed by atoms with Gasteiger partial charge in [0, 0.05) is 27.7 Å². The standard InChI is InChI=1S/C34H34N2O4S/c1-36(22-24-16-19-29(39-2)30(21-24)40-3)20-7-6-9-23-14-17-25(18-15-23)35-34(38)28-12-8-11-27-32(37)26-10-4-5-13-31(26)41-33(27)28/h4-5,8,10-19,21H,6-7,9,20,22H2,1-3H3,(H,35,38). The summed E-state index contributed by atoms with van der Waals surface area (Å²) in [5, 5.41) is 4.27. The van der Waals surface area contributed by atoms with Gasteiger partial charge in [-0.05, 0) is 92.5 Å². The number of benzene rings is 4. The molecule has 0 radical (unpaired) electrons. The molecule has 0 atom stereocenters. The lowest BCUT2D eigenvalue weighted by atomic mass is 10.1. The molecule has 1 heterocycles. The molecule has 1 amide bonds. The summed E-state index contributed by atoms with van der Waals surface area (Å²) in [7, 11) is 5.43. The predicted octanol–water partition coefficient (Wildman–Crippen LogP) is 7.14. The van der Waals surface area contributed by atoms with Crippen molar-refractivity contribution in [2.45, 2.75) is 25.8 Å². The number of aryl methyl sites for hydroxylation is 1. The molecule has 5 aromatic rings. The Kier molecular flexibility index (Phi) is 8.97. The van der Waals surface area contributed by atoms with Gasteiger partial charge in [0.15, 0.2) is 16.9 Å². The molecule has 7 heteroatoms. The van der Waals surface area contributed by atoms with E-state index in [-0.39, 0.29) is 11.3 Å². The van der Waals surface area contributed by atoms with E-state index >= 15 is 0 Å². The Bertz CT molecular complexity index is 1730. The topological polar surface area (TPSA) is 67.9 Å². The number of anilines is 1. The van der Waals surface area contributed by atoms with Gasteiger partial charge in [-0.2, -0.15) is 0 Å². The third kappa shape index (κ3) is 6.59. The maximum atomic E-state index is 13.2. The summed E-state index contributed by atoms with van der Waals surface area (Å²) in [6, 6.07) is 26.9. The molecule has 5 rings (SSSR count). The molecule has 0 fully saturated rings. The van der Waals surface area contributed by atoms with Crippen molar-refractivity contribution >= 4 is 43.1 Å². The molecule has 0 saturated carbocycles. The van der Waals surface area contributed by atoms with Crippen LogP contribution in [0.3, 0.4) is 0 Å². The van der Waals surface area contributed by atoms with Gasteiger partial charge < -0.3 is 19.7 Å². The average Bonchev–Trinajstić information content (AvgIpc) is 3.00. The number of hydrogen-bond donors (Lipinski definition) is 1. The van der Waals surface area contributed by atoms with Crippen LogP contribution in [0.2, 0.25) is 0 Å². The first-order chi connectivity index (χ1) is 20.0. The number of carbonyl (C=O) groups is 1. The van der Waals surface area contributed by atoms with Crippen LogP contribution in [0.1, 0.15) is 34.3 Å². The summed E-state index contributed by atoms with van der Waals surface area (Å²) in [4.78, 5) is 28.5. The van der Waals surface area contributed by atoms with Gasteiger partial charge in [0.25, 0.3) is 5.91 Å². The van der Waals surface area contributed by atoms with Crippen molar-refractivity contribution in [3.8, 4) is 11.5 Å². The minimum absolute atomic E-state index is 0.0412. The lowest BCUT2D eigenvalue weighted by Crippen LogP contribution is -2.19. The highest BCUT2D eigenvalue weighted by Crippen LogP contribution is 2.29. The number of methoxy groups -OCH3 is 2. The molecule has 0 aliphatic carbocycles. The minimum atomic E-state index is -0.216. The van der Waals surface area contributed by atoms with E-state index in [0.29, 0.717) is 21.0 Å². The van der Waals surface area contributed by atoms with Crippen LogP contribution in [-0.4, -0.2) is 38.6 Å². The van der Waals surface area contributed by atoms with E-state index in [4.69, 9.17) is 9.47 Å². The zero-order valence-corrected chi connectivity index (χ0v) is 24.4. The van der Waals surface area contributed by atoms with E-state index in [9.17, 15) is 9.59 Å². The molecule has 6 nitrogen and oxygen atoms in total. The Morgan fingerprint density at radius 2 is 1.56 bits per heavy atom. The number of carbonyl (C=O) groups excluding carboxylic acids is 1. The van der Waals surface area contributed by atoms with Crippen molar-refractivity contribution in [2.24, 2.45) is 0 Å². The number of hydrogen-bond acceptors (Lipinski definition) is 6. The van der Waals surface area contributed by atoms with Crippen LogP contribution < -0.4 is 20.2 Å². The van der Waals surface area contributed by atoms with Crippen LogP contribution in [0.5, 0.6) is 11.5 Å². The van der Waals surface area contributed by atoms with E-state index in [0.717, 1.165) is 54.2 Å². The maximum Gasteiger partial charge on any atom is 0.257 e. The van der Waals surface area contributed by atoms with Gasteiger partial charge in [-0.15, -0.1) is 11.3 Å². The van der Waals surface area contributed by atoms with Crippen molar-refractivity contribution < 1.29 is 14.3 Å². The first kappa shape index (κ1) is 28.3. The number of nitrogens with zero attached hydrogens (tertiary/aromatic N) is 1. The molecule has 0 aliphatic heterocycles. The van der Waals surface area contributed by atoms with Gasteiger partial charge >= 0.3 is 0 Å². The summed E-state index contributed by atoms with van der Waals surface area (Å²) in [6.07, 6.45) is 3.13. The number of unbranched alkanes of at least 4 members (excludes halogenated alkanes) is 1. The Morgan fingerprint density at radius 3 is 2.34 bits per heavy atom. The Hall–Kier alpha value is -4.20. The third-order valence-corrected chi connectivity index (χ3v) is 8.44. The fourth-order valence-corrected chi connectivity index (χ4v) is 6.22. The predicted molar refractivity (Wildman–Crippen MR) is 169 cm³/mol. The van der Waals surface area contributed by atoms with Crippen molar-refractivity contribution in [3.05, 3.63) is 112 Å². The molecule has 210 valence electrons. The first-order valence-corrected chi connectivity index (χ1v) is 14.5. The normalized spacial score (nSPS) is 11.2. The number of nitrogens with one attached hydrogen (secondary N) is 1. The van der Waals surface area contributed by atoms with Crippen molar-refractivity contribution in [3.63, 3.8) is 0 Å². The highest BCUT2D eigenvalue weighted by molar-refractivity contribution is 7.24. The molecule has 0 unspecified atom stereocenters. The fourth-order valence-electron chi connectivity index (χ4n) is 5.04.